The number of rotatable bonds is 9. The van der Waals surface area contributed by atoms with E-state index >= 15 is 0 Å². The number of hydrogen-bond donors (Lipinski definition) is 1. The molecular formula is C25H30N4O4S. The van der Waals surface area contributed by atoms with Crippen molar-refractivity contribution >= 4 is 10.0 Å². The molecule has 9 heteroatoms. The summed E-state index contributed by atoms with van der Waals surface area (Å²) in [6, 6.07) is 16.8. The lowest BCUT2D eigenvalue weighted by Crippen LogP contribution is -2.52. The molecule has 0 saturated carbocycles. The summed E-state index contributed by atoms with van der Waals surface area (Å²) in [7, 11) is -1.92. The molecule has 34 heavy (non-hydrogen) atoms. The first-order valence-corrected chi connectivity index (χ1v) is 13.1. The van der Waals surface area contributed by atoms with Crippen LogP contribution in [0.3, 0.4) is 0 Å². The molecule has 0 radical (unpaired) electrons. The van der Waals surface area contributed by atoms with Gasteiger partial charge in [0.25, 0.3) is 0 Å². The van der Waals surface area contributed by atoms with Crippen LogP contribution < -0.4 is 14.2 Å². The molecule has 2 aromatic carbocycles. The van der Waals surface area contributed by atoms with Gasteiger partial charge in [-0.3, -0.25) is 9.58 Å². The van der Waals surface area contributed by atoms with Gasteiger partial charge in [0.1, 0.15) is 29.6 Å². The Labute approximate surface area is 200 Å². The molecule has 2 aliphatic rings. The van der Waals surface area contributed by atoms with Crippen molar-refractivity contribution < 1.29 is 17.9 Å². The summed E-state index contributed by atoms with van der Waals surface area (Å²) in [5.41, 5.74) is 2.46. The fourth-order valence-corrected chi connectivity index (χ4v) is 5.64. The second kappa shape index (κ2) is 9.77. The van der Waals surface area contributed by atoms with Gasteiger partial charge in [-0.15, -0.1) is 0 Å². The van der Waals surface area contributed by atoms with Crippen molar-refractivity contribution in [2.75, 3.05) is 32.8 Å². The first-order chi connectivity index (χ1) is 16.5. The van der Waals surface area contributed by atoms with Crippen LogP contribution in [0.15, 0.2) is 65.8 Å². The van der Waals surface area contributed by atoms with E-state index in [2.05, 4.69) is 45.1 Å². The number of likely N-dealkylation sites (tertiary alicyclic amines) is 1. The van der Waals surface area contributed by atoms with Gasteiger partial charge in [-0.25, -0.2) is 13.1 Å². The third-order valence-electron chi connectivity index (χ3n) is 6.57. The second-order valence-corrected chi connectivity index (χ2v) is 10.6. The number of sulfonamides is 1. The van der Waals surface area contributed by atoms with Crippen LogP contribution >= 0.6 is 0 Å². The molecule has 0 bridgehead atoms. The summed E-state index contributed by atoms with van der Waals surface area (Å²) in [5.74, 6) is 1.92. The highest BCUT2D eigenvalue weighted by Crippen LogP contribution is 2.41. The quantitative estimate of drug-likeness (QED) is 0.472. The zero-order valence-corrected chi connectivity index (χ0v) is 20.1. The number of ether oxygens (including phenoxy) is 2. The molecule has 1 fully saturated rings. The Balaban J connectivity index is 1.28. The lowest BCUT2D eigenvalue weighted by molar-refractivity contribution is 0.0500. The minimum absolute atomic E-state index is 0.140. The summed E-state index contributed by atoms with van der Waals surface area (Å²) in [5, 5.41) is 3.92. The van der Waals surface area contributed by atoms with Gasteiger partial charge in [0.2, 0.25) is 10.0 Å². The SMILES string of the molecule is Cn1cc(S(=O)(=O)NCCOc2ccc3c(c2)[C@H](Cc2ccccc2)[C@H](N2CCC2)CO3)cn1. The van der Waals surface area contributed by atoms with Gasteiger partial charge in [0.15, 0.2) is 0 Å². The van der Waals surface area contributed by atoms with Crippen molar-refractivity contribution in [1.29, 1.82) is 0 Å². The molecule has 0 spiro atoms. The molecule has 2 atom stereocenters. The summed E-state index contributed by atoms with van der Waals surface area (Å²) >= 11 is 0. The summed E-state index contributed by atoms with van der Waals surface area (Å²) in [6.45, 7) is 3.30. The summed E-state index contributed by atoms with van der Waals surface area (Å²) < 4.78 is 40.8. The molecule has 0 amide bonds. The first-order valence-electron chi connectivity index (χ1n) is 11.7. The highest BCUT2D eigenvalue weighted by molar-refractivity contribution is 7.89. The zero-order chi connectivity index (χ0) is 23.5. The van der Waals surface area contributed by atoms with E-state index in [9.17, 15) is 8.42 Å². The highest BCUT2D eigenvalue weighted by Gasteiger charge is 2.37. The number of nitrogens with one attached hydrogen (secondary N) is 1. The number of fused-ring (bicyclic) bond motifs is 1. The number of benzene rings is 2. The van der Waals surface area contributed by atoms with E-state index in [-0.39, 0.29) is 18.0 Å². The van der Waals surface area contributed by atoms with Crippen molar-refractivity contribution in [2.24, 2.45) is 7.05 Å². The van der Waals surface area contributed by atoms with E-state index in [0.29, 0.717) is 24.3 Å². The van der Waals surface area contributed by atoms with E-state index in [1.807, 2.05) is 18.2 Å². The maximum Gasteiger partial charge on any atom is 0.243 e. The van der Waals surface area contributed by atoms with Gasteiger partial charge in [0, 0.05) is 31.3 Å². The van der Waals surface area contributed by atoms with Crippen molar-refractivity contribution in [1.82, 2.24) is 19.4 Å². The largest absolute Gasteiger partial charge is 0.492 e. The Kier molecular flexibility index (Phi) is 6.58. The van der Waals surface area contributed by atoms with Crippen LogP contribution in [0.4, 0.5) is 0 Å². The monoisotopic (exact) mass is 482 g/mol. The average Bonchev–Trinajstić information content (AvgIpc) is 3.25. The van der Waals surface area contributed by atoms with Gasteiger partial charge >= 0.3 is 0 Å². The fraction of sp³-hybridized carbons (Fsp3) is 0.400. The third kappa shape index (κ3) is 4.96. The van der Waals surface area contributed by atoms with Crippen molar-refractivity contribution in [3.8, 4) is 11.5 Å². The number of aromatic nitrogens is 2. The van der Waals surface area contributed by atoms with E-state index in [0.717, 1.165) is 30.8 Å². The van der Waals surface area contributed by atoms with Crippen LogP contribution in [-0.4, -0.2) is 62.0 Å². The lowest BCUT2D eigenvalue weighted by Gasteiger charge is -2.45. The zero-order valence-electron chi connectivity index (χ0n) is 19.3. The Morgan fingerprint density at radius 2 is 2.00 bits per heavy atom. The standard InChI is InChI=1S/C25H30N4O4S/c1-28-17-21(16-26-28)34(30,31)27-10-13-32-20-8-9-25-23(15-20)22(14-19-6-3-2-4-7-19)24(18-33-25)29-11-5-12-29/h2-4,6-9,15-17,22,24,27H,5,10-14,18H2,1H3/t22-,24+/m0/s1. The molecule has 8 nitrogen and oxygen atoms in total. The van der Waals surface area contributed by atoms with Gasteiger partial charge < -0.3 is 9.47 Å². The van der Waals surface area contributed by atoms with Crippen molar-refractivity contribution in [2.45, 2.75) is 29.7 Å². The summed E-state index contributed by atoms with van der Waals surface area (Å²) in [4.78, 5) is 2.65. The van der Waals surface area contributed by atoms with Crippen LogP contribution in [0.1, 0.15) is 23.5 Å². The van der Waals surface area contributed by atoms with Crippen LogP contribution in [0, 0.1) is 0 Å². The maximum absolute atomic E-state index is 12.4. The molecule has 5 rings (SSSR count). The molecule has 0 aliphatic carbocycles. The maximum atomic E-state index is 12.4. The molecule has 3 heterocycles. The van der Waals surface area contributed by atoms with Crippen LogP contribution in [0.5, 0.6) is 11.5 Å². The number of hydrogen-bond acceptors (Lipinski definition) is 6. The second-order valence-electron chi connectivity index (χ2n) is 8.86. The van der Waals surface area contributed by atoms with E-state index in [1.54, 1.807) is 7.05 Å². The molecule has 2 aliphatic heterocycles. The predicted octanol–water partition coefficient (Wildman–Crippen LogP) is 2.57. The van der Waals surface area contributed by atoms with E-state index < -0.39 is 10.0 Å². The topological polar surface area (TPSA) is 85.7 Å². The normalized spacial score (nSPS) is 20.3. The molecular weight excluding hydrogens is 452 g/mol. The molecule has 1 N–H and O–H groups in total. The van der Waals surface area contributed by atoms with Crippen molar-refractivity contribution in [3.05, 3.63) is 72.1 Å². The fourth-order valence-electron chi connectivity index (χ4n) is 4.65. The van der Waals surface area contributed by atoms with Gasteiger partial charge in [0.05, 0.1) is 12.2 Å². The Morgan fingerprint density at radius 1 is 1.18 bits per heavy atom. The minimum atomic E-state index is -3.60. The summed E-state index contributed by atoms with van der Waals surface area (Å²) in [6.07, 6.45) is 4.97. The molecule has 1 aromatic heterocycles. The third-order valence-corrected chi connectivity index (χ3v) is 7.98. The molecule has 180 valence electrons. The van der Waals surface area contributed by atoms with Crippen LogP contribution in [0.2, 0.25) is 0 Å². The van der Waals surface area contributed by atoms with Crippen LogP contribution in [-0.2, 0) is 23.5 Å². The van der Waals surface area contributed by atoms with E-state index in [4.69, 9.17) is 9.47 Å². The van der Waals surface area contributed by atoms with Gasteiger partial charge in [-0.2, -0.15) is 5.10 Å². The average molecular weight is 483 g/mol. The predicted molar refractivity (Wildman–Crippen MR) is 129 cm³/mol. The number of nitrogens with zero attached hydrogens (tertiary/aromatic N) is 3. The van der Waals surface area contributed by atoms with Crippen LogP contribution in [0.25, 0.3) is 0 Å². The smallest absolute Gasteiger partial charge is 0.243 e. The first kappa shape index (κ1) is 22.9. The highest BCUT2D eigenvalue weighted by atomic mass is 32.2. The molecule has 1 saturated heterocycles. The molecule has 3 aromatic rings. The van der Waals surface area contributed by atoms with Gasteiger partial charge in [-0.1, -0.05) is 30.3 Å². The Bertz CT molecular complexity index is 1220. The Morgan fingerprint density at radius 3 is 2.71 bits per heavy atom. The van der Waals surface area contributed by atoms with Gasteiger partial charge in [-0.05, 0) is 49.7 Å². The van der Waals surface area contributed by atoms with E-state index in [1.165, 1.54) is 29.1 Å². The minimum Gasteiger partial charge on any atom is -0.492 e. The van der Waals surface area contributed by atoms with Crippen molar-refractivity contribution in [3.63, 3.8) is 0 Å². The number of aryl methyl sites for hydroxylation is 1. The lowest BCUT2D eigenvalue weighted by atomic mass is 9.82. The molecule has 0 unspecified atom stereocenters. The Hall–Kier alpha value is -2.88.